The van der Waals surface area contributed by atoms with Crippen LogP contribution in [-0.4, -0.2) is 55.9 Å². The van der Waals surface area contributed by atoms with E-state index in [0.29, 0.717) is 29.1 Å². The molecule has 1 saturated heterocycles. The lowest BCUT2D eigenvalue weighted by Gasteiger charge is -2.27. The molecule has 0 saturated carbocycles. The van der Waals surface area contributed by atoms with Crippen molar-refractivity contribution in [3.63, 3.8) is 0 Å². The molecule has 2 unspecified atom stereocenters. The number of carbonyl (C=O) groups is 1. The highest BCUT2D eigenvalue weighted by Gasteiger charge is 2.34. The van der Waals surface area contributed by atoms with Gasteiger partial charge in [0.1, 0.15) is 0 Å². The Bertz CT molecular complexity index is 932. The van der Waals surface area contributed by atoms with E-state index in [1.165, 1.54) is 0 Å². The van der Waals surface area contributed by atoms with Gasteiger partial charge in [-0.1, -0.05) is 12.1 Å². The van der Waals surface area contributed by atoms with E-state index in [1.54, 1.807) is 25.1 Å². The molecule has 2 atom stereocenters. The molecule has 2 aliphatic heterocycles. The molecule has 1 aromatic rings. The van der Waals surface area contributed by atoms with E-state index in [9.17, 15) is 15.3 Å². The van der Waals surface area contributed by atoms with Crippen LogP contribution in [0.15, 0.2) is 40.5 Å². The van der Waals surface area contributed by atoms with Gasteiger partial charge in [-0.3, -0.25) is 14.7 Å². The Balaban J connectivity index is 1.67. The fourth-order valence-corrected chi connectivity index (χ4v) is 4.01. The van der Waals surface area contributed by atoms with E-state index < -0.39 is 11.8 Å². The Morgan fingerprint density at radius 3 is 2.77 bits per heavy atom. The normalized spacial score (nSPS) is 22.1. The first-order valence-electron chi connectivity index (χ1n) is 10.3. The second kappa shape index (κ2) is 10.2. The summed E-state index contributed by atoms with van der Waals surface area (Å²) in [6, 6.07) is 11.7. The predicted molar refractivity (Wildman–Crippen MR) is 114 cm³/mol. The van der Waals surface area contributed by atoms with Gasteiger partial charge in [0.25, 0.3) is 5.91 Å². The van der Waals surface area contributed by atoms with E-state index in [-0.39, 0.29) is 5.91 Å². The van der Waals surface area contributed by atoms with Crippen LogP contribution in [0.1, 0.15) is 42.1 Å². The Labute approximate surface area is 177 Å². The van der Waals surface area contributed by atoms with Crippen molar-refractivity contribution < 1.29 is 9.53 Å². The SMILES string of the molecule is CC1=NC(C)=C(C#N)C(c2cccc(C(=O)NCCCN3CCOCC3)c2)C1C#N. The summed E-state index contributed by atoms with van der Waals surface area (Å²) in [7, 11) is 0. The van der Waals surface area contributed by atoms with Gasteiger partial charge in [0.15, 0.2) is 0 Å². The van der Waals surface area contributed by atoms with E-state index in [1.807, 2.05) is 13.0 Å². The molecule has 0 bridgehead atoms. The summed E-state index contributed by atoms with van der Waals surface area (Å²) in [5.74, 6) is -1.07. The van der Waals surface area contributed by atoms with Crippen molar-refractivity contribution in [2.75, 3.05) is 39.4 Å². The van der Waals surface area contributed by atoms with E-state index >= 15 is 0 Å². The molecule has 2 heterocycles. The summed E-state index contributed by atoms with van der Waals surface area (Å²) in [6.07, 6.45) is 0.876. The number of amides is 1. The first-order valence-corrected chi connectivity index (χ1v) is 10.3. The number of carbonyl (C=O) groups excluding carboxylic acids is 1. The third kappa shape index (κ3) is 4.94. The number of nitriles is 2. The molecule has 30 heavy (non-hydrogen) atoms. The molecule has 0 spiro atoms. The first kappa shape index (κ1) is 21.7. The maximum atomic E-state index is 12.7. The summed E-state index contributed by atoms with van der Waals surface area (Å²) < 4.78 is 5.35. The molecule has 1 N–H and O–H groups in total. The molecule has 2 aliphatic rings. The maximum absolute atomic E-state index is 12.7. The largest absolute Gasteiger partial charge is 0.379 e. The molecule has 156 valence electrons. The van der Waals surface area contributed by atoms with Crippen molar-refractivity contribution in [3.8, 4) is 12.1 Å². The highest BCUT2D eigenvalue weighted by molar-refractivity contribution is 5.95. The Morgan fingerprint density at radius 2 is 2.07 bits per heavy atom. The number of nitrogens with one attached hydrogen (secondary N) is 1. The molecule has 1 amide bonds. The number of hydrogen-bond donors (Lipinski definition) is 1. The molecule has 7 heteroatoms. The van der Waals surface area contributed by atoms with Gasteiger partial charge in [0, 0.05) is 36.8 Å². The molecule has 3 rings (SSSR count). The number of morpholine rings is 1. The van der Waals surface area contributed by atoms with E-state index in [2.05, 4.69) is 27.3 Å². The number of rotatable bonds is 6. The molecule has 1 fully saturated rings. The average Bonchev–Trinajstić information content (AvgIpc) is 2.77. The lowest BCUT2D eigenvalue weighted by molar-refractivity contribution is 0.0374. The van der Waals surface area contributed by atoms with Crippen LogP contribution in [0.4, 0.5) is 0 Å². The lowest BCUT2D eigenvalue weighted by Crippen LogP contribution is -2.38. The molecular weight excluding hydrogens is 378 g/mol. The fourth-order valence-electron chi connectivity index (χ4n) is 4.01. The Kier molecular flexibility index (Phi) is 7.35. The molecular formula is C23H27N5O2. The molecule has 1 aromatic carbocycles. The number of hydrogen-bond acceptors (Lipinski definition) is 6. The predicted octanol–water partition coefficient (Wildman–Crippen LogP) is 2.63. The van der Waals surface area contributed by atoms with Crippen LogP contribution in [0.3, 0.4) is 0 Å². The van der Waals surface area contributed by atoms with Crippen LogP contribution in [0.25, 0.3) is 0 Å². The van der Waals surface area contributed by atoms with E-state index in [0.717, 1.165) is 44.8 Å². The monoisotopic (exact) mass is 405 g/mol. The number of ether oxygens (including phenoxy) is 1. The highest BCUT2D eigenvalue weighted by Crippen LogP contribution is 2.38. The van der Waals surface area contributed by atoms with Crippen LogP contribution in [0, 0.1) is 28.6 Å². The van der Waals surface area contributed by atoms with Crippen molar-refractivity contribution in [2.45, 2.75) is 26.2 Å². The highest BCUT2D eigenvalue weighted by atomic mass is 16.5. The summed E-state index contributed by atoms with van der Waals surface area (Å²) in [5, 5.41) is 22.3. The van der Waals surface area contributed by atoms with Crippen molar-refractivity contribution in [2.24, 2.45) is 10.9 Å². The smallest absolute Gasteiger partial charge is 0.251 e. The zero-order valence-electron chi connectivity index (χ0n) is 17.5. The summed E-state index contributed by atoms with van der Waals surface area (Å²) >= 11 is 0. The topological polar surface area (TPSA) is 102 Å². The van der Waals surface area contributed by atoms with Crippen LogP contribution >= 0.6 is 0 Å². The number of allylic oxidation sites excluding steroid dienone is 2. The van der Waals surface area contributed by atoms with Gasteiger partial charge in [0.2, 0.25) is 0 Å². The minimum Gasteiger partial charge on any atom is -0.379 e. The summed E-state index contributed by atoms with van der Waals surface area (Å²) in [5.41, 5.74) is 3.12. The van der Waals surface area contributed by atoms with Crippen molar-refractivity contribution >= 4 is 11.6 Å². The van der Waals surface area contributed by atoms with Crippen molar-refractivity contribution in [1.29, 1.82) is 10.5 Å². The van der Waals surface area contributed by atoms with Crippen LogP contribution in [-0.2, 0) is 4.74 Å². The summed E-state index contributed by atoms with van der Waals surface area (Å²) in [4.78, 5) is 19.4. The van der Waals surface area contributed by atoms with Gasteiger partial charge in [-0.25, -0.2) is 0 Å². The minimum absolute atomic E-state index is 0.146. The number of aliphatic imine (C=N–C) groups is 1. The minimum atomic E-state index is -0.518. The lowest BCUT2D eigenvalue weighted by atomic mass is 9.76. The zero-order valence-corrected chi connectivity index (χ0v) is 17.5. The molecule has 0 aliphatic carbocycles. The zero-order chi connectivity index (χ0) is 21.5. The van der Waals surface area contributed by atoms with Gasteiger partial charge in [-0.2, -0.15) is 10.5 Å². The third-order valence-corrected chi connectivity index (χ3v) is 5.64. The Morgan fingerprint density at radius 1 is 1.30 bits per heavy atom. The average molecular weight is 406 g/mol. The van der Waals surface area contributed by atoms with Gasteiger partial charge in [-0.15, -0.1) is 0 Å². The quantitative estimate of drug-likeness (QED) is 0.733. The summed E-state index contributed by atoms with van der Waals surface area (Å²) in [6.45, 7) is 8.54. The first-order chi connectivity index (χ1) is 14.5. The number of benzene rings is 1. The van der Waals surface area contributed by atoms with E-state index in [4.69, 9.17) is 4.74 Å². The Hall–Kier alpha value is -3.00. The van der Waals surface area contributed by atoms with Crippen LogP contribution < -0.4 is 5.32 Å². The van der Waals surface area contributed by atoms with Gasteiger partial charge in [-0.05, 0) is 44.5 Å². The second-order valence-electron chi connectivity index (χ2n) is 7.64. The maximum Gasteiger partial charge on any atom is 0.251 e. The fraction of sp³-hybridized carbons (Fsp3) is 0.478. The van der Waals surface area contributed by atoms with Gasteiger partial charge < -0.3 is 10.1 Å². The second-order valence-corrected chi connectivity index (χ2v) is 7.64. The van der Waals surface area contributed by atoms with Crippen molar-refractivity contribution in [1.82, 2.24) is 10.2 Å². The van der Waals surface area contributed by atoms with Crippen LogP contribution in [0.5, 0.6) is 0 Å². The third-order valence-electron chi connectivity index (χ3n) is 5.64. The number of nitrogens with zero attached hydrogens (tertiary/aromatic N) is 4. The van der Waals surface area contributed by atoms with Gasteiger partial charge in [0.05, 0.1) is 42.5 Å². The molecule has 0 radical (unpaired) electrons. The van der Waals surface area contributed by atoms with Crippen LogP contribution in [0.2, 0.25) is 0 Å². The molecule has 7 nitrogen and oxygen atoms in total. The molecule has 0 aromatic heterocycles. The van der Waals surface area contributed by atoms with Crippen molar-refractivity contribution in [3.05, 3.63) is 46.7 Å². The van der Waals surface area contributed by atoms with Gasteiger partial charge >= 0.3 is 0 Å². The standard InChI is InChI=1S/C23H27N5O2/c1-16-20(14-24)22(21(15-25)17(2)27-16)18-5-3-6-19(13-18)23(29)26-7-4-8-28-9-11-30-12-10-28/h3,5-6,13,20,22H,4,7-12H2,1-2H3,(H,26,29).